The van der Waals surface area contributed by atoms with E-state index in [1.54, 1.807) is 0 Å². The van der Waals surface area contributed by atoms with Crippen LogP contribution < -0.4 is 0 Å². The second-order valence-electron chi connectivity index (χ2n) is 6.14. The zero-order chi connectivity index (χ0) is 12.2. The largest absolute Gasteiger partial charge is 0.382 e. The highest BCUT2D eigenvalue weighted by Gasteiger charge is 2.34. The summed E-state index contributed by atoms with van der Waals surface area (Å²) in [5.74, 6) is 1.49. The van der Waals surface area contributed by atoms with Crippen molar-refractivity contribution in [2.24, 2.45) is 17.3 Å². The summed E-state index contributed by atoms with van der Waals surface area (Å²) in [6, 6.07) is 0. The van der Waals surface area contributed by atoms with Crippen LogP contribution in [0.15, 0.2) is 0 Å². The number of rotatable bonds is 4. The van der Waals surface area contributed by atoms with Gasteiger partial charge in [-0.25, -0.2) is 0 Å². The van der Waals surface area contributed by atoms with Crippen molar-refractivity contribution in [3.05, 3.63) is 0 Å². The molecule has 1 nitrogen and oxygen atoms in total. The lowest BCUT2D eigenvalue weighted by Gasteiger charge is -2.40. The number of hydrogen-bond acceptors (Lipinski definition) is 1. The molecule has 0 heterocycles. The molecule has 1 rings (SSSR count). The van der Waals surface area contributed by atoms with Crippen LogP contribution in [0.1, 0.15) is 53.4 Å². The van der Waals surface area contributed by atoms with E-state index in [9.17, 15) is 0 Å². The molecule has 96 valence electrons. The molecule has 0 saturated heterocycles. The molecule has 0 spiro atoms. The predicted octanol–water partition coefficient (Wildman–Crippen LogP) is 4.48. The highest BCUT2D eigenvalue weighted by Crippen LogP contribution is 2.42. The number of alkyl halides is 1. The number of ether oxygens (including phenoxy) is 1. The van der Waals surface area contributed by atoms with Crippen LogP contribution in [0.4, 0.5) is 0 Å². The third kappa shape index (κ3) is 4.25. The first-order valence-electron chi connectivity index (χ1n) is 6.67. The fraction of sp³-hybridized carbons (Fsp3) is 1.00. The van der Waals surface area contributed by atoms with Gasteiger partial charge >= 0.3 is 0 Å². The lowest BCUT2D eigenvalue weighted by Crippen LogP contribution is -2.33. The molecule has 3 atom stereocenters. The first kappa shape index (κ1) is 14.3. The molecule has 0 N–H and O–H groups in total. The van der Waals surface area contributed by atoms with E-state index in [0.717, 1.165) is 25.6 Å². The van der Waals surface area contributed by atoms with Crippen molar-refractivity contribution < 1.29 is 4.74 Å². The molecule has 1 aliphatic carbocycles. The number of halogens is 1. The standard InChI is InChI=1S/C14H27ClO/c1-5-16-9-8-11-10-12(14(2,3)4)6-7-13(11)15/h11-13H,5-10H2,1-4H3. The van der Waals surface area contributed by atoms with Crippen LogP contribution in [0.3, 0.4) is 0 Å². The monoisotopic (exact) mass is 246 g/mol. The van der Waals surface area contributed by atoms with Crippen LogP contribution in [-0.2, 0) is 4.74 Å². The van der Waals surface area contributed by atoms with Gasteiger partial charge in [-0.15, -0.1) is 11.6 Å². The van der Waals surface area contributed by atoms with Crippen LogP contribution in [0.5, 0.6) is 0 Å². The average Bonchev–Trinajstić information content (AvgIpc) is 2.19. The third-order valence-corrected chi connectivity index (χ3v) is 4.53. The molecule has 1 fully saturated rings. The highest BCUT2D eigenvalue weighted by molar-refractivity contribution is 6.20. The van der Waals surface area contributed by atoms with Crippen LogP contribution in [0.2, 0.25) is 0 Å². The Hall–Kier alpha value is 0.250. The first-order chi connectivity index (χ1) is 7.45. The fourth-order valence-corrected chi connectivity index (χ4v) is 3.05. The van der Waals surface area contributed by atoms with Crippen molar-refractivity contribution >= 4 is 11.6 Å². The molecule has 1 saturated carbocycles. The van der Waals surface area contributed by atoms with E-state index in [4.69, 9.17) is 16.3 Å². The number of hydrogen-bond donors (Lipinski definition) is 0. The van der Waals surface area contributed by atoms with Crippen molar-refractivity contribution in [2.75, 3.05) is 13.2 Å². The molecule has 0 radical (unpaired) electrons. The molecule has 16 heavy (non-hydrogen) atoms. The summed E-state index contributed by atoms with van der Waals surface area (Å²) in [7, 11) is 0. The molecule has 3 unspecified atom stereocenters. The van der Waals surface area contributed by atoms with E-state index >= 15 is 0 Å². The van der Waals surface area contributed by atoms with Gasteiger partial charge in [-0.1, -0.05) is 20.8 Å². The fourth-order valence-electron chi connectivity index (χ4n) is 2.69. The minimum atomic E-state index is 0.374. The molecular formula is C14H27ClO. The van der Waals surface area contributed by atoms with Gasteiger partial charge in [0.15, 0.2) is 0 Å². The summed E-state index contributed by atoms with van der Waals surface area (Å²) >= 11 is 6.42. The highest BCUT2D eigenvalue weighted by atomic mass is 35.5. The summed E-state index contributed by atoms with van der Waals surface area (Å²) < 4.78 is 5.45. The van der Waals surface area contributed by atoms with E-state index in [1.165, 1.54) is 19.3 Å². The summed E-state index contributed by atoms with van der Waals surface area (Å²) in [6.07, 6.45) is 4.89. The predicted molar refractivity (Wildman–Crippen MR) is 71.0 cm³/mol. The van der Waals surface area contributed by atoms with E-state index in [1.807, 2.05) is 0 Å². The van der Waals surface area contributed by atoms with Gasteiger partial charge in [0.1, 0.15) is 0 Å². The van der Waals surface area contributed by atoms with Crippen molar-refractivity contribution in [1.29, 1.82) is 0 Å². The normalized spacial score (nSPS) is 31.7. The van der Waals surface area contributed by atoms with Crippen LogP contribution in [-0.4, -0.2) is 18.6 Å². The minimum Gasteiger partial charge on any atom is -0.382 e. The van der Waals surface area contributed by atoms with Crippen molar-refractivity contribution in [3.8, 4) is 0 Å². The van der Waals surface area contributed by atoms with Crippen LogP contribution in [0.25, 0.3) is 0 Å². The van der Waals surface area contributed by atoms with Crippen molar-refractivity contribution in [2.45, 2.75) is 58.8 Å². The van der Waals surface area contributed by atoms with Crippen molar-refractivity contribution in [1.82, 2.24) is 0 Å². The Morgan fingerprint density at radius 2 is 1.94 bits per heavy atom. The van der Waals surface area contributed by atoms with E-state index in [-0.39, 0.29) is 0 Å². The summed E-state index contributed by atoms with van der Waals surface area (Å²) in [6.45, 7) is 10.8. The smallest absolute Gasteiger partial charge is 0.0469 e. The van der Waals surface area contributed by atoms with E-state index in [2.05, 4.69) is 27.7 Å². The van der Waals surface area contributed by atoms with Gasteiger partial charge in [0.05, 0.1) is 0 Å². The molecule has 0 aromatic heterocycles. The topological polar surface area (TPSA) is 9.23 Å². The maximum atomic E-state index is 6.42. The quantitative estimate of drug-likeness (QED) is 0.525. The molecule has 0 amide bonds. The second kappa shape index (κ2) is 6.26. The Morgan fingerprint density at radius 1 is 1.25 bits per heavy atom. The van der Waals surface area contributed by atoms with Gasteiger partial charge in [0.25, 0.3) is 0 Å². The van der Waals surface area contributed by atoms with Gasteiger partial charge in [0, 0.05) is 18.6 Å². The molecule has 0 bridgehead atoms. The maximum absolute atomic E-state index is 6.42. The Bertz CT molecular complexity index is 197. The molecule has 0 aromatic carbocycles. The molecule has 0 aliphatic heterocycles. The lowest BCUT2D eigenvalue weighted by molar-refractivity contribution is 0.0967. The minimum absolute atomic E-state index is 0.374. The van der Waals surface area contributed by atoms with E-state index in [0.29, 0.717) is 16.7 Å². The molecule has 2 heteroatoms. The lowest BCUT2D eigenvalue weighted by atomic mass is 9.68. The zero-order valence-electron chi connectivity index (χ0n) is 11.3. The molecule has 1 aliphatic rings. The van der Waals surface area contributed by atoms with Gasteiger partial charge in [-0.2, -0.15) is 0 Å². The first-order valence-corrected chi connectivity index (χ1v) is 7.10. The summed E-state index contributed by atoms with van der Waals surface area (Å²) in [5.41, 5.74) is 0.431. The Morgan fingerprint density at radius 3 is 2.50 bits per heavy atom. The third-order valence-electron chi connectivity index (χ3n) is 3.95. The van der Waals surface area contributed by atoms with Crippen LogP contribution >= 0.6 is 11.6 Å². The van der Waals surface area contributed by atoms with Crippen LogP contribution in [0, 0.1) is 17.3 Å². The van der Waals surface area contributed by atoms with E-state index < -0.39 is 0 Å². The molecule has 0 aromatic rings. The second-order valence-corrected chi connectivity index (χ2v) is 6.70. The summed E-state index contributed by atoms with van der Waals surface area (Å²) in [5, 5.41) is 0.374. The van der Waals surface area contributed by atoms with Gasteiger partial charge in [-0.05, 0) is 49.9 Å². The van der Waals surface area contributed by atoms with Crippen molar-refractivity contribution in [3.63, 3.8) is 0 Å². The Kier molecular flexibility index (Phi) is 5.60. The maximum Gasteiger partial charge on any atom is 0.0469 e. The Labute approximate surface area is 106 Å². The average molecular weight is 247 g/mol. The SMILES string of the molecule is CCOCCC1CC(C(C)(C)C)CCC1Cl. The van der Waals surface area contributed by atoms with Gasteiger partial charge < -0.3 is 4.74 Å². The molecular weight excluding hydrogens is 220 g/mol. The Balaban J connectivity index is 2.42. The summed E-state index contributed by atoms with van der Waals surface area (Å²) in [4.78, 5) is 0. The van der Waals surface area contributed by atoms with Gasteiger partial charge in [-0.3, -0.25) is 0 Å². The zero-order valence-corrected chi connectivity index (χ0v) is 12.0. The van der Waals surface area contributed by atoms with Gasteiger partial charge in [0.2, 0.25) is 0 Å².